The summed E-state index contributed by atoms with van der Waals surface area (Å²) in [5.74, 6) is 3.77. The van der Waals surface area contributed by atoms with E-state index in [1.807, 2.05) is 17.9 Å². The molecule has 152 valence electrons. The Labute approximate surface area is 181 Å². The fourth-order valence-corrected chi connectivity index (χ4v) is 5.12. The molecule has 27 heavy (non-hydrogen) atoms. The smallest absolute Gasteiger partial charge is 0.194 e. The van der Waals surface area contributed by atoms with Gasteiger partial charge in [-0.05, 0) is 49.5 Å². The van der Waals surface area contributed by atoms with Crippen LogP contribution in [-0.2, 0) is 13.5 Å². The first kappa shape index (κ1) is 20.9. The van der Waals surface area contributed by atoms with E-state index in [0.717, 1.165) is 43.8 Å². The van der Waals surface area contributed by atoms with Crippen molar-refractivity contribution in [3.63, 3.8) is 0 Å². The zero-order valence-corrected chi connectivity index (χ0v) is 19.3. The van der Waals surface area contributed by atoms with Crippen molar-refractivity contribution in [2.24, 2.45) is 29.8 Å². The number of aromatic nitrogens is 2. The fourth-order valence-electron chi connectivity index (χ4n) is 5.12. The molecule has 0 bridgehead atoms. The first-order chi connectivity index (χ1) is 12.7. The van der Waals surface area contributed by atoms with Gasteiger partial charge in [0, 0.05) is 38.9 Å². The largest absolute Gasteiger partial charge is 0.353 e. The van der Waals surface area contributed by atoms with Crippen molar-refractivity contribution >= 4 is 29.9 Å². The predicted octanol–water partition coefficient (Wildman–Crippen LogP) is 3.84. The van der Waals surface area contributed by atoms with Gasteiger partial charge in [0.25, 0.3) is 0 Å². The van der Waals surface area contributed by atoms with Crippen molar-refractivity contribution in [2.75, 3.05) is 19.6 Å². The van der Waals surface area contributed by atoms with Gasteiger partial charge in [-0.15, -0.1) is 24.0 Å². The van der Waals surface area contributed by atoms with Gasteiger partial charge in [-0.2, -0.15) is 5.10 Å². The number of hydrogen-bond donors (Lipinski definition) is 1. The Morgan fingerprint density at radius 2 is 2.07 bits per heavy atom. The molecule has 5 nitrogen and oxygen atoms in total. The molecule has 3 fully saturated rings. The van der Waals surface area contributed by atoms with Crippen molar-refractivity contribution in [1.82, 2.24) is 20.0 Å². The molecule has 3 unspecified atom stereocenters. The molecule has 4 rings (SSSR count). The Morgan fingerprint density at radius 1 is 1.26 bits per heavy atom. The van der Waals surface area contributed by atoms with E-state index in [9.17, 15) is 0 Å². The van der Waals surface area contributed by atoms with E-state index < -0.39 is 0 Å². The number of nitrogens with zero attached hydrogens (tertiary/aromatic N) is 4. The predicted molar refractivity (Wildman–Crippen MR) is 122 cm³/mol. The van der Waals surface area contributed by atoms with E-state index >= 15 is 0 Å². The van der Waals surface area contributed by atoms with Crippen LogP contribution in [0.25, 0.3) is 0 Å². The molecule has 1 N–H and O–H groups in total. The zero-order valence-electron chi connectivity index (χ0n) is 16.9. The van der Waals surface area contributed by atoms with Crippen molar-refractivity contribution < 1.29 is 0 Å². The number of aryl methyl sites for hydroxylation is 1. The van der Waals surface area contributed by atoms with E-state index in [1.165, 1.54) is 56.5 Å². The van der Waals surface area contributed by atoms with Crippen LogP contribution in [0.4, 0.5) is 0 Å². The fraction of sp³-hybridized carbons (Fsp3) is 0.810. The number of guanidine groups is 1. The maximum absolute atomic E-state index is 4.83. The van der Waals surface area contributed by atoms with Crippen molar-refractivity contribution in [2.45, 2.75) is 64.3 Å². The first-order valence-electron chi connectivity index (χ1n) is 10.8. The average Bonchev–Trinajstić information content (AvgIpc) is 3.05. The second-order valence-electron chi connectivity index (χ2n) is 8.67. The van der Waals surface area contributed by atoms with Gasteiger partial charge >= 0.3 is 0 Å². The second-order valence-corrected chi connectivity index (χ2v) is 8.67. The molecule has 0 amide bonds. The molecular weight excluding hydrogens is 449 g/mol. The number of nitrogens with one attached hydrogen (secondary N) is 1. The lowest BCUT2D eigenvalue weighted by Crippen LogP contribution is -2.42. The molecule has 1 aromatic rings. The highest BCUT2D eigenvalue weighted by atomic mass is 127. The highest BCUT2D eigenvalue weighted by Gasteiger charge is 2.44. The van der Waals surface area contributed by atoms with Crippen molar-refractivity contribution in [3.8, 4) is 0 Å². The van der Waals surface area contributed by atoms with Crippen LogP contribution in [0.3, 0.4) is 0 Å². The van der Waals surface area contributed by atoms with Crippen LogP contribution in [0, 0.1) is 17.8 Å². The van der Waals surface area contributed by atoms with Gasteiger partial charge in [0.2, 0.25) is 0 Å². The quantitative estimate of drug-likeness (QED) is 0.392. The molecule has 3 atom stereocenters. The van der Waals surface area contributed by atoms with Crippen LogP contribution in [0.5, 0.6) is 0 Å². The minimum absolute atomic E-state index is 0. The van der Waals surface area contributed by atoms with E-state index in [-0.39, 0.29) is 24.0 Å². The molecular formula is C21H36IN5. The third-order valence-corrected chi connectivity index (χ3v) is 6.59. The summed E-state index contributed by atoms with van der Waals surface area (Å²) in [5.41, 5.74) is 1.36. The monoisotopic (exact) mass is 485 g/mol. The van der Waals surface area contributed by atoms with E-state index in [0.29, 0.717) is 6.04 Å². The molecule has 6 heteroatoms. The lowest BCUT2D eigenvalue weighted by Gasteiger charge is -2.24. The summed E-state index contributed by atoms with van der Waals surface area (Å²) in [6.07, 6.45) is 15.2. The molecule has 0 aromatic carbocycles. The van der Waals surface area contributed by atoms with Crippen LogP contribution >= 0.6 is 24.0 Å². The number of halogens is 1. The Bertz CT molecular complexity index is 622. The Morgan fingerprint density at radius 3 is 2.78 bits per heavy atom. The molecule has 3 aliphatic rings. The van der Waals surface area contributed by atoms with E-state index in [4.69, 9.17) is 4.99 Å². The normalized spacial score (nSPS) is 28.9. The summed E-state index contributed by atoms with van der Waals surface area (Å²) in [4.78, 5) is 7.33. The van der Waals surface area contributed by atoms with Crippen LogP contribution < -0.4 is 5.32 Å². The third kappa shape index (κ3) is 5.39. The minimum atomic E-state index is 0. The van der Waals surface area contributed by atoms with Crippen molar-refractivity contribution in [3.05, 3.63) is 18.0 Å². The summed E-state index contributed by atoms with van der Waals surface area (Å²) in [5, 5.41) is 8.14. The summed E-state index contributed by atoms with van der Waals surface area (Å²) < 4.78 is 1.91. The maximum Gasteiger partial charge on any atom is 0.194 e. The number of hydrogen-bond acceptors (Lipinski definition) is 2. The minimum Gasteiger partial charge on any atom is -0.353 e. The van der Waals surface area contributed by atoms with E-state index in [1.54, 1.807) is 0 Å². The molecule has 1 aromatic heterocycles. The van der Waals surface area contributed by atoms with Crippen molar-refractivity contribution in [1.29, 1.82) is 0 Å². The Hall–Kier alpha value is -0.790. The van der Waals surface area contributed by atoms with Gasteiger partial charge in [0.05, 0.1) is 6.20 Å². The first-order valence-corrected chi connectivity index (χ1v) is 10.8. The van der Waals surface area contributed by atoms with Crippen LogP contribution in [0.2, 0.25) is 0 Å². The van der Waals surface area contributed by atoms with E-state index in [2.05, 4.69) is 28.4 Å². The van der Waals surface area contributed by atoms with Gasteiger partial charge < -0.3 is 10.2 Å². The van der Waals surface area contributed by atoms with Gasteiger partial charge in [-0.3, -0.25) is 9.67 Å². The molecule has 2 heterocycles. The highest BCUT2D eigenvalue weighted by molar-refractivity contribution is 14.0. The van der Waals surface area contributed by atoms with Gasteiger partial charge in [-0.1, -0.05) is 32.1 Å². The van der Waals surface area contributed by atoms with Crippen LogP contribution in [0.15, 0.2) is 17.4 Å². The number of likely N-dealkylation sites (tertiary alicyclic amines) is 1. The van der Waals surface area contributed by atoms with Gasteiger partial charge in [0.15, 0.2) is 5.96 Å². The summed E-state index contributed by atoms with van der Waals surface area (Å²) in [7, 11) is 2.00. The maximum atomic E-state index is 4.83. The average molecular weight is 485 g/mol. The van der Waals surface area contributed by atoms with Crippen LogP contribution in [0.1, 0.15) is 57.4 Å². The molecule has 0 radical (unpaired) electrons. The third-order valence-electron chi connectivity index (χ3n) is 6.59. The molecule has 2 aliphatic carbocycles. The lowest BCUT2D eigenvalue weighted by molar-refractivity contribution is 0.314. The molecule has 2 saturated carbocycles. The summed E-state index contributed by atoms with van der Waals surface area (Å²) in [6.45, 7) is 5.28. The second kappa shape index (κ2) is 9.61. The molecule has 1 aliphatic heterocycles. The standard InChI is InChI=1S/C21H35N5.HI/c1-3-22-21(24-20-12-19(20)18-7-5-4-6-8-18)26-10-9-16(15-26)11-17-13-23-25(2)14-17;/h13-14,16,18-20H,3-12,15H2,1-2H3,(H,22,24);1H. The van der Waals surface area contributed by atoms with Crippen LogP contribution in [-0.4, -0.2) is 46.3 Å². The zero-order chi connectivity index (χ0) is 17.9. The topological polar surface area (TPSA) is 45.5 Å². The Balaban J connectivity index is 0.00000210. The highest BCUT2D eigenvalue weighted by Crippen LogP contribution is 2.44. The SMILES string of the molecule is CCN=C(NC1CC1C1CCCCC1)N1CCC(Cc2cnn(C)c2)C1.I. The molecule has 1 saturated heterocycles. The Kier molecular flexibility index (Phi) is 7.45. The number of rotatable bonds is 5. The summed E-state index contributed by atoms with van der Waals surface area (Å²) in [6, 6.07) is 0.681. The molecule has 0 spiro atoms. The van der Waals surface area contributed by atoms with Gasteiger partial charge in [-0.25, -0.2) is 0 Å². The van der Waals surface area contributed by atoms with Gasteiger partial charge in [0.1, 0.15) is 0 Å². The summed E-state index contributed by atoms with van der Waals surface area (Å²) >= 11 is 0. The lowest BCUT2D eigenvalue weighted by atomic mass is 9.85. The number of aliphatic imine (C=N–C) groups is 1.